The molecule has 0 spiro atoms. The van der Waals surface area contributed by atoms with E-state index in [0.29, 0.717) is 17.9 Å². The van der Waals surface area contributed by atoms with Gasteiger partial charge in [-0.1, -0.05) is 30.3 Å². The van der Waals surface area contributed by atoms with Gasteiger partial charge in [0, 0.05) is 18.8 Å². The third kappa shape index (κ3) is 6.34. The van der Waals surface area contributed by atoms with Gasteiger partial charge in [-0.2, -0.15) is 0 Å². The second-order valence-corrected chi connectivity index (χ2v) is 7.29. The highest BCUT2D eigenvalue weighted by Crippen LogP contribution is 2.18. The lowest BCUT2D eigenvalue weighted by molar-refractivity contribution is -0.138. The Bertz CT molecular complexity index is 799. The van der Waals surface area contributed by atoms with E-state index in [-0.39, 0.29) is 35.7 Å². The summed E-state index contributed by atoms with van der Waals surface area (Å²) in [5.74, 6) is -0.681. The minimum Gasteiger partial charge on any atom is -0.355 e. The van der Waals surface area contributed by atoms with Crippen molar-refractivity contribution in [2.24, 2.45) is 0 Å². The lowest BCUT2D eigenvalue weighted by Gasteiger charge is -2.28. The quantitative estimate of drug-likeness (QED) is 0.690. The molecule has 0 bridgehead atoms. The molecule has 2 aromatic rings. The number of rotatable bonds is 9. The van der Waals surface area contributed by atoms with Crippen molar-refractivity contribution in [3.8, 4) is 0 Å². The summed E-state index contributed by atoms with van der Waals surface area (Å²) in [6, 6.07) is 11.6. The number of carbonyl (C=O) groups is 2. The van der Waals surface area contributed by atoms with Crippen LogP contribution in [0.2, 0.25) is 0 Å². The van der Waals surface area contributed by atoms with E-state index < -0.39 is 6.04 Å². The first-order valence-corrected chi connectivity index (χ1v) is 10.2. The van der Waals surface area contributed by atoms with Crippen LogP contribution in [0, 0.1) is 11.6 Å². The van der Waals surface area contributed by atoms with Crippen LogP contribution in [0.5, 0.6) is 0 Å². The van der Waals surface area contributed by atoms with Gasteiger partial charge in [0.15, 0.2) is 0 Å². The number of thioether (sulfide) groups is 1. The molecule has 2 amide bonds. The number of carbonyl (C=O) groups excluding carboxylic acids is 2. The maximum atomic E-state index is 13.7. The molecule has 28 heavy (non-hydrogen) atoms. The molecular formula is C21H24F2N2O2S. The second-order valence-electron chi connectivity index (χ2n) is 6.30. The number of hydrogen-bond acceptors (Lipinski definition) is 3. The summed E-state index contributed by atoms with van der Waals surface area (Å²) in [6.07, 6.45) is 0. The van der Waals surface area contributed by atoms with Crippen LogP contribution in [-0.2, 0) is 21.9 Å². The highest BCUT2D eigenvalue weighted by molar-refractivity contribution is 7.99. The molecule has 0 fully saturated rings. The summed E-state index contributed by atoms with van der Waals surface area (Å²) in [7, 11) is 0. The molecule has 0 saturated heterocycles. The van der Waals surface area contributed by atoms with Crippen LogP contribution in [0.1, 0.15) is 25.0 Å². The summed E-state index contributed by atoms with van der Waals surface area (Å²) >= 11 is 1.29. The van der Waals surface area contributed by atoms with Crippen molar-refractivity contribution in [1.29, 1.82) is 0 Å². The molecule has 0 aliphatic heterocycles. The van der Waals surface area contributed by atoms with E-state index >= 15 is 0 Å². The van der Waals surface area contributed by atoms with E-state index in [1.54, 1.807) is 44.2 Å². The predicted molar refractivity (Wildman–Crippen MR) is 108 cm³/mol. The Balaban J connectivity index is 2.05. The smallest absolute Gasteiger partial charge is 0.242 e. The molecule has 0 saturated carbocycles. The van der Waals surface area contributed by atoms with Crippen LogP contribution in [0.3, 0.4) is 0 Å². The number of hydrogen-bond donors (Lipinski definition) is 1. The maximum absolute atomic E-state index is 13.7. The summed E-state index contributed by atoms with van der Waals surface area (Å²) in [5.41, 5.74) is 1.26. The van der Waals surface area contributed by atoms with Gasteiger partial charge < -0.3 is 10.2 Å². The zero-order valence-corrected chi connectivity index (χ0v) is 16.8. The Morgan fingerprint density at radius 1 is 1.11 bits per heavy atom. The van der Waals surface area contributed by atoms with Crippen LogP contribution < -0.4 is 5.32 Å². The number of benzene rings is 2. The summed E-state index contributed by atoms with van der Waals surface area (Å²) in [5, 5.41) is 2.72. The first-order valence-electron chi connectivity index (χ1n) is 9.05. The number of nitrogens with one attached hydrogen (secondary N) is 1. The average Bonchev–Trinajstić information content (AvgIpc) is 2.68. The average molecular weight is 406 g/mol. The lowest BCUT2D eigenvalue weighted by atomic mass is 10.1. The van der Waals surface area contributed by atoms with Gasteiger partial charge in [-0.3, -0.25) is 9.59 Å². The Hall–Kier alpha value is -2.41. The molecule has 150 valence electrons. The molecule has 7 heteroatoms. The molecule has 1 atom stereocenters. The van der Waals surface area contributed by atoms with Crippen molar-refractivity contribution in [2.75, 3.05) is 12.3 Å². The van der Waals surface area contributed by atoms with Crippen molar-refractivity contribution in [1.82, 2.24) is 10.2 Å². The number of nitrogens with zero attached hydrogens (tertiary/aromatic N) is 1. The molecule has 0 heterocycles. The van der Waals surface area contributed by atoms with Crippen LogP contribution in [0.25, 0.3) is 0 Å². The van der Waals surface area contributed by atoms with Gasteiger partial charge in [0.05, 0.1) is 5.75 Å². The third-order valence-electron chi connectivity index (χ3n) is 4.23. The van der Waals surface area contributed by atoms with E-state index in [1.807, 2.05) is 0 Å². The van der Waals surface area contributed by atoms with Crippen molar-refractivity contribution < 1.29 is 18.4 Å². The Labute approximate surface area is 168 Å². The summed E-state index contributed by atoms with van der Waals surface area (Å²) < 4.78 is 26.9. The van der Waals surface area contributed by atoms with Crippen molar-refractivity contribution in [2.45, 2.75) is 32.2 Å². The Morgan fingerprint density at radius 2 is 1.79 bits per heavy atom. The molecular weight excluding hydrogens is 382 g/mol. The van der Waals surface area contributed by atoms with E-state index in [4.69, 9.17) is 0 Å². The Morgan fingerprint density at radius 3 is 2.43 bits per heavy atom. The van der Waals surface area contributed by atoms with Crippen molar-refractivity contribution in [3.05, 3.63) is 71.3 Å². The van der Waals surface area contributed by atoms with E-state index in [9.17, 15) is 18.4 Å². The highest BCUT2D eigenvalue weighted by Gasteiger charge is 2.25. The molecule has 0 aliphatic rings. The van der Waals surface area contributed by atoms with E-state index in [0.717, 1.165) is 5.56 Å². The highest BCUT2D eigenvalue weighted by atomic mass is 32.2. The van der Waals surface area contributed by atoms with Crippen LogP contribution in [0.4, 0.5) is 8.78 Å². The van der Waals surface area contributed by atoms with Gasteiger partial charge in [-0.15, -0.1) is 11.8 Å². The molecule has 1 N–H and O–H groups in total. The van der Waals surface area contributed by atoms with E-state index in [2.05, 4.69) is 5.32 Å². The van der Waals surface area contributed by atoms with Gasteiger partial charge in [-0.25, -0.2) is 8.78 Å². The lowest BCUT2D eigenvalue weighted by Crippen LogP contribution is -2.48. The van der Waals surface area contributed by atoms with Gasteiger partial charge in [-0.05, 0) is 43.2 Å². The van der Waals surface area contributed by atoms with Gasteiger partial charge in [0.25, 0.3) is 0 Å². The van der Waals surface area contributed by atoms with Gasteiger partial charge in [0.1, 0.15) is 17.7 Å². The van der Waals surface area contributed by atoms with Crippen molar-refractivity contribution >= 4 is 23.6 Å². The fraction of sp³-hybridized carbons (Fsp3) is 0.333. The second kappa shape index (κ2) is 10.8. The predicted octanol–water partition coefficient (Wildman–Crippen LogP) is 3.75. The fourth-order valence-electron chi connectivity index (χ4n) is 2.64. The topological polar surface area (TPSA) is 49.4 Å². The standard InChI is InChI=1S/C21H24F2N2O2S/c1-3-24-21(27)15(2)25(12-16-8-10-18(22)11-9-16)20(26)14-28-13-17-6-4-5-7-19(17)23/h4-11,15H,3,12-14H2,1-2H3,(H,24,27). The largest absolute Gasteiger partial charge is 0.355 e. The number of amides is 2. The molecule has 2 aromatic carbocycles. The first kappa shape index (κ1) is 21.9. The molecule has 0 radical (unpaired) electrons. The van der Waals surface area contributed by atoms with E-state index in [1.165, 1.54) is 34.9 Å². The maximum Gasteiger partial charge on any atom is 0.242 e. The van der Waals surface area contributed by atoms with Crippen LogP contribution in [-0.4, -0.2) is 35.1 Å². The normalized spacial score (nSPS) is 11.7. The molecule has 0 aliphatic carbocycles. The minimum absolute atomic E-state index is 0.110. The Kier molecular flexibility index (Phi) is 8.44. The summed E-state index contributed by atoms with van der Waals surface area (Å²) in [6.45, 7) is 4.12. The van der Waals surface area contributed by atoms with Gasteiger partial charge in [0.2, 0.25) is 11.8 Å². The van der Waals surface area contributed by atoms with Crippen LogP contribution in [0.15, 0.2) is 48.5 Å². The monoisotopic (exact) mass is 406 g/mol. The first-order chi connectivity index (χ1) is 13.4. The molecule has 0 aromatic heterocycles. The van der Waals surface area contributed by atoms with Crippen LogP contribution >= 0.6 is 11.8 Å². The SMILES string of the molecule is CCNC(=O)C(C)N(Cc1ccc(F)cc1)C(=O)CSCc1ccccc1F. The van der Waals surface area contributed by atoms with Gasteiger partial charge >= 0.3 is 0 Å². The third-order valence-corrected chi connectivity index (χ3v) is 5.19. The zero-order valence-electron chi connectivity index (χ0n) is 16.0. The number of halogens is 2. The zero-order chi connectivity index (χ0) is 20.5. The summed E-state index contributed by atoms with van der Waals surface area (Å²) in [4.78, 5) is 26.5. The minimum atomic E-state index is -0.674. The van der Waals surface area contributed by atoms with Crippen molar-refractivity contribution in [3.63, 3.8) is 0 Å². The molecule has 2 rings (SSSR count). The molecule has 1 unspecified atom stereocenters. The molecule has 4 nitrogen and oxygen atoms in total. The number of likely N-dealkylation sites (N-methyl/N-ethyl adjacent to an activating group) is 1. The fourth-order valence-corrected chi connectivity index (χ4v) is 3.53.